The van der Waals surface area contributed by atoms with Gasteiger partial charge in [-0.1, -0.05) is 38.1 Å². The molecule has 1 aromatic carbocycles. The van der Waals surface area contributed by atoms with E-state index in [2.05, 4.69) is 24.9 Å². The van der Waals surface area contributed by atoms with E-state index in [-0.39, 0.29) is 6.61 Å². The van der Waals surface area contributed by atoms with Crippen LogP contribution in [0.3, 0.4) is 0 Å². The van der Waals surface area contributed by atoms with Crippen molar-refractivity contribution in [3.8, 4) is 17.3 Å². The summed E-state index contributed by atoms with van der Waals surface area (Å²) in [4.78, 5) is 4.59. The number of aromatic nitrogens is 1. The zero-order chi connectivity index (χ0) is 13.8. The number of hydrogen-bond donors (Lipinski definition) is 1. The summed E-state index contributed by atoms with van der Waals surface area (Å²) in [7, 11) is 0. The Balaban J connectivity index is 2.66. The second kappa shape index (κ2) is 5.64. The molecular weight excluding hydrogens is 236 g/mol. The number of benzene rings is 1. The molecule has 1 N–H and O–H groups in total. The molecule has 19 heavy (non-hydrogen) atoms. The van der Waals surface area contributed by atoms with Gasteiger partial charge in [-0.05, 0) is 23.6 Å². The van der Waals surface area contributed by atoms with Gasteiger partial charge in [0.15, 0.2) is 0 Å². The van der Waals surface area contributed by atoms with Gasteiger partial charge in [-0.15, -0.1) is 0 Å². The van der Waals surface area contributed by atoms with Gasteiger partial charge >= 0.3 is 0 Å². The van der Waals surface area contributed by atoms with Gasteiger partial charge in [0.2, 0.25) is 0 Å². The van der Waals surface area contributed by atoms with Gasteiger partial charge in [0.25, 0.3) is 0 Å². The normalized spacial score (nSPS) is 10.5. The van der Waals surface area contributed by atoms with Crippen LogP contribution >= 0.6 is 0 Å². The third kappa shape index (κ3) is 2.64. The fourth-order valence-electron chi connectivity index (χ4n) is 1.98. The molecule has 1 aromatic heterocycles. The lowest BCUT2D eigenvalue weighted by atomic mass is 9.99. The van der Waals surface area contributed by atoms with E-state index in [1.165, 1.54) is 0 Å². The minimum absolute atomic E-state index is 0.0609. The van der Waals surface area contributed by atoms with Crippen LogP contribution in [-0.4, -0.2) is 10.1 Å². The molecule has 0 atom stereocenters. The van der Waals surface area contributed by atoms with Gasteiger partial charge in [-0.25, -0.2) is 0 Å². The molecule has 3 heteroatoms. The predicted octanol–water partition coefficient (Wildman–Crippen LogP) is 3.24. The van der Waals surface area contributed by atoms with Crippen LogP contribution in [0.4, 0.5) is 0 Å². The first kappa shape index (κ1) is 13.3. The molecule has 0 spiro atoms. The van der Waals surface area contributed by atoms with Crippen molar-refractivity contribution in [3.05, 3.63) is 53.2 Å². The SMILES string of the molecule is CC(C)c1ccc(C#N)c(-c2ccccc2CO)n1. The fourth-order valence-corrected chi connectivity index (χ4v) is 1.98. The fraction of sp³-hybridized carbons (Fsp3) is 0.250. The molecule has 2 rings (SSSR count). The Morgan fingerprint density at radius 1 is 1.21 bits per heavy atom. The summed E-state index contributed by atoms with van der Waals surface area (Å²) >= 11 is 0. The molecule has 0 fully saturated rings. The van der Waals surface area contributed by atoms with E-state index in [4.69, 9.17) is 0 Å². The number of nitrogens with zero attached hydrogens (tertiary/aromatic N) is 2. The third-order valence-corrected chi connectivity index (χ3v) is 3.07. The second-order valence-corrected chi connectivity index (χ2v) is 4.71. The minimum Gasteiger partial charge on any atom is -0.392 e. The molecule has 96 valence electrons. The third-order valence-electron chi connectivity index (χ3n) is 3.07. The van der Waals surface area contributed by atoms with E-state index in [1.807, 2.05) is 30.3 Å². The lowest BCUT2D eigenvalue weighted by Crippen LogP contribution is -1.99. The van der Waals surface area contributed by atoms with Crippen LogP contribution in [0, 0.1) is 11.3 Å². The quantitative estimate of drug-likeness (QED) is 0.912. The molecule has 0 aliphatic rings. The average Bonchev–Trinajstić information content (AvgIpc) is 2.46. The summed E-state index contributed by atoms with van der Waals surface area (Å²) in [5.74, 6) is 0.299. The van der Waals surface area contributed by atoms with Gasteiger partial charge in [-0.2, -0.15) is 5.26 Å². The van der Waals surface area contributed by atoms with Gasteiger partial charge in [0, 0.05) is 11.3 Å². The van der Waals surface area contributed by atoms with E-state index in [1.54, 1.807) is 6.07 Å². The molecule has 0 bridgehead atoms. The number of aliphatic hydroxyl groups excluding tert-OH is 1. The van der Waals surface area contributed by atoms with Crippen molar-refractivity contribution >= 4 is 0 Å². The van der Waals surface area contributed by atoms with Crippen LogP contribution in [0.5, 0.6) is 0 Å². The molecule has 0 saturated carbocycles. The van der Waals surface area contributed by atoms with E-state index >= 15 is 0 Å². The van der Waals surface area contributed by atoms with Gasteiger partial charge in [0.1, 0.15) is 6.07 Å². The first-order valence-corrected chi connectivity index (χ1v) is 6.27. The van der Waals surface area contributed by atoms with Crippen LogP contribution in [-0.2, 0) is 6.61 Å². The first-order valence-electron chi connectivity index (χ1n) is 6.27. The monoisotopic (exact) mass is 252 g/mol. The smallest absolute Gasteiger partial charge is 0.101 e. The lowest BCUT2D eigenvalue weighted by molar-refractivity contribution is 0.282. The molecule has 0 aliphatic carbocycles. The van der Waals surface area contributed by atoms with Crippen LogP contribution < -0.4 is 0 Å². The highest BCUT2D eigenvalue weighted by atomic mass is 16.3. The largest absolute Gasteiger partial charge is 0.392 e. The van der Waals surface area contributed by atoms with E-state index in [0.29, 0.717) is 17.2 Å². The van der Waals surface area contributed by atoms with E-state index in [9.17, 15) is 10.4 Å². The molecule has 3 nitrogen and oxygen atoms in total. The topological polar surface area (TPSA) is 56.9 Å². The molecule has 2 aromatic rings. The molecule has 0 radical (unpaired) electrons. The van der Waals surface area contributed by atoms with Crippen LogP contribution in [0.15, 0.2) is 36.4 Å². The number of rotatable bonds is 3. The van der Waals surface area contributed by atoms with Crippen molar-refractivity contribution in [1.82, 2.24) is 4.98 Å². The second-order valence-electron chi connectivity index (χ2n) is 4.71. The highest BCUT2D eigenvalue weighted by molar-refractivity contribution is 5.69. The molecule has 0 saturated heterocycles. The maximum Gasteiger partial charge on any atom is 0.101 e. The standard InChI is InChI=1S/C16H16N2O/c1-11(2)15-8-7-12(9-17)16(18-15)14-6-4-3-5-13(14)10-19/h3-8,11,19H,10H2,1-2H3. The van der Waals surface area contributed by atoms with E-state index in [0.717, 1.165) is 16.8 Å². The maximum atomic E-state index is 9.41. The zero-order valence-electron chi connectivity index (χ0n) is 11.1. The molecule has 0 aliphatic heterocycles. The molecule has 1 heterocycles. The van der Waals surface area contributed by atoms with Crippen molar-refractivity contribution in [3.63, 3.8) is 0 Å². The Morgan fingerprint density at radius 3 is 2.58 bits per heavy atom. The highest BCUT2D eigenvalue weighted by Gasteiger charge is 2.12. The van der Waals surface area contributed by atoms with Gasteiger partial charge in [-0.3, -0.25) is 4.98 Å². The number of hydrogen-bond acceptors (Lipinski definition) is 3. The highest BCUT2D eigenvalue weighted by Crippen LogP contribution is 2.27. The number of aliphatic hydroxyl groups is 1. The van der Waals surface area contributed by atoms with Gasteiger partial charge in [0.05, 0.1) is 17.9 Å². The number of pyridine rings is 1. The summed E-state index contributed by atoms with van der Waals surface area (Å²) < 4.78 is 0. The Bertz CT molecular complexity index is 627. The summed E-state index contributed by atoms with van der Waals surface area (Å²) in [6, 6.07) is 13.3. The van der Waals surface area contributed by atoms with Crippen molar-refractivity contribution in [1.29, 1.82) is 5.26 Å². The Morgan fingerprint density at radius 2 is 1.95 bits per heavy atom. The van der Waals surface area contributed by atoms with Crippen LogP contribution in [0.25, 0.3) is 11.3 Å². The van der Waals surface area contributed by atoms with Gasteiger partial charge < -0.3 is 5.11 Å². The van der Waals surface area contributed by atoms with E-state index < -0.39 is 0 Å². The molecular formula is C16H16N2O. The van der Waals surface area contributed by atoms with Crippen molar-refractivity contribution < 1.29 is 5.11 Å². The summed E-state index contributed by atoms with van der Waals surface area (Å²) in [5.41, 5.74) is 3.74. The molecule has 0 amide bonds. The Kier molecular flexibility index (Phi) is 3.94. The predicted molar refractivity (Wildman–Crippen MR) is 74.4 cm³/mol. The van der Waals surface area contributed by atoms with Crippen molar-refractivity contribution in [2.45, 2.75) is 26.4 Å². The molecule has 0 unspecified atom stereocenters. The van der Waals surface area contributed by atoms with Crippen molar-refractivity contribution in [2.24, 2.45) is 0 Å². The maximum absolute atomic E-state index is 9.41. The summed E-state index contributed by atoms with van der Waals surface area (Å²) in [6.07, 6.45) is 0. The summed E-state index contributed by atoms with van der Waals surface area (Å²) in [5, 5.41) is 18.6. The Labute approximate surface area is 113 Å². The summed E-state index contributed by atoms with van der Waals surface area (Å²) in [6.45, 7) is 4.07. The first-order chi connectivity index (χ1) is 9.17. The zero-order valence-corrected chi connectivity index (χ0v) is 11.1. The lowest BCUT2D eigenvalue weighted by Gasteiger charge is -2.11. The van der Waals surface area contributed by atoms with Crippen molar-refractivity contribution in [2.75, 3.05) is 0 Å². The van der Waals surface area contributed by atoms with Crippen LogP contribution in [0.1, 0.15) is 36.6 Å². The Hall–Kier alpha value is -2.18. The average molecular weight is 252 g/mol. The number of nitriles is 1. The minimum atomic E-state index is -0.0609. The van der Waals surface area contributed by atoms with Crippen LogP contribution in [0.2, 0.25) is 0 Å².